The zero-order valence-corrected chi connectivity index (χ0v) is 25.6. The van der Waals surface area contributed by atoms with Gasteiger partial charge >= 0.3 is 0 Å². The highest BCUT2D eigenvalue weighted by Gasteiger charge is 2.19. The average Bonchev–Trinajstić information content (AvgIpc) is 3.10. The van der Waals surface area contributed by atoms with Crippen LogP contribution in [0.4, 0.5) is 0 Å². The maximum absolute atomic E-state index is 6.20. The second-order valence-corrected chi connectivity index (χ2v) is 11.8. The van der Waals surface area contributed by atoms with Crippen LogP contribution in [0.1, 0.15) is 11.1 Å². The molecule has 0 amide bonds. The minimum absolute atomic E-state index is 0.567. The monoisotopic (exact) mass is 582 g/mol. The molecule has 0 fully saturated rings. The quantitative estimate of drug-likeness (QED) is 0.141. The van der Waals surface area contributed by atoms with Gasteiger partial charge in [0, 0.05) is 35.4 Å². The molecule has 2 heterocycles. The van der Waals surface area contributed by atoms with Gasteiger partial charge in [-0.05, 0) is 46.5 Å². The lowest BCUT2D eigenvalue weighted by molar-refractivity contribution is -0.617. The molecule has 0 N–H and O–H groups in total. The van der Waals surface area contributed by atoms with Crippen molar-refractivity contribution in [2.24, 2.45) is 14.1 Å². The summed E-state index contributed by atoms with van der Waals surface area (Å²) in [5, 5.41) is 5.04. The number of aromatic nitrogens is 2. The van der Waals surface area contributed by atoms with Gasteiger partial charge in [0.2, 0.25) is 22.1 Å². The normalized spacial score (nSPS) is 11.6. The van der Waals surface area contributed by atoms with Crippen LogP contribution in [0.2, 0.25) is 0 Å². The highest BCUT2D eigenvalue weighted by Crippen LogP contribution is 2.35. The zero-order chi connectivity index (χ0) is 30.3. The molecule has 216 valence electrons. The summed E-state index contributed by atoms with van der Waals surface area (Å²) in [7, 11) is 4.29. The fraction of sp³-hybridized carbons (Fsp3) is 0.0952. The number of nitrogens with zero attached hydrogens (tertiary/aromatic N) is 2. The first-order valence-electron chi connectivity index (χ1n) is 15.5. The Bertz CT molecular complexity index is 2070. The largest absolute Gasteiger partial charge is 0.372 e. The molecular weight excluding hydrogens is 548 g/mol. The standard InChI is InChI=1S/C42H34N2O/c1-43-37-15-7-3-11-33(37)41(34-12-4-8-16-38(34)43)31-23-19-29(20-24-31)27-45-28-30-21-25-32(26-22-30)42-35-13-5-9-17-39(35)44(2)40-18-10-6-14-36(40)42/h3-26H,27-28H2,1-2H3/q+2. The first-order chi connectivity index (χ1) is 22.2. The second-order valence-electron chi connectivity index (χ2n) is 11.8. The third-order valence-corrected chi connectivity index (χ3v) is 9.16. The van der Waals surface area contributed by atoms with Crippen molar-refractivity contribution in [1.82, 2.24) is 0 Å². The Kier molecular flexibility index (Phi) is 6.81. The summed E-state index contributed by atoms with van der Waals surface area (Å²) >= 11 is 0. The summed E-state index contributed by atoms with van der Waals surface area (Å²) in [5.41, 5.74) is 12.2. The van der Waals surface area contributed by atoms with Crippen LogP contribution in [-0.4, -0.2) is 0 Å². The molecule has 3 heteroatoms. The molecule has 0 atom stereocenters. The van der Waals surface area contributed by atoms with Crippen molar-refractivity contribution in [3.05, 3.63) is 157 Å². The van der Waals surface area contributed by atoms with Crippen molar-refractivity contribution in [1.29, 1.82) is 0 Å². The summed E-state index contributed by atoms with van der Waals surface area (Å²) in [4.78, 5) is 0. The lowest BCUT2D eigenvalue weighted by atomic mass is 9.95. The van der Waals surface area contributed by atoms with Crippen LogP contribution in [0.5, 0.6) is 0 Å². The molecule has 0 spiro atoms. The molecule has 0 saturated carbocycles. The van der Waals surface area contributed by atoms with Crippen LogP contribution in [0.3, 0.4) is 0 Å². The number of para-hydroxylation sites is 4. The maximum atomic E-state index is 6.20. The molecule has 0 unspecified atom stereocenters. The number of ether oxygens (including phenoxy) is 1. The van der Waals surface area contributed by atoms with Gasteiger partial charge in [-0.3, -0.25) is 0 Å². The first-order valence-corrected chi connectivity index (χ1v) is 15.5. The minimum Gasteiger partial charge on any atom is -0.372 e. The topological polar surface area (TPSA) is 17.0 Å². The van der Waals surface area contributed by atoms with E-state index in [-0.39, 0.29) is 0 Å². The Labute approximate surface area is 263 Å². The van der Waals surface area contributed by atoms with E-state index in [0.29, 0.717) is 13.2 Å². The Morgan fingerprint density at radius 2 is 0.667 bits per heavy atom. The van der Waals surface area contributed by atoms with E-state index < -0.39 is 0 Å². The third kappa shape index (κ3) is 4.73. The van der Waals surface area contributed by atoms with Gasteiger partial charge in [-0.2, -0.15) is 9.13 Å². The van der Waals surface area contributed by atoms with Gasteiger partial charge in [-0.25, -0.2) is 0 Å². The second kappa shape index (κ2) is 11.3. The Hall–Kier alpha value is -5.38. The number of hydrogen-bond donors (Lipinski definition) is 0. The van der Waals surface area contributed by atoms with Crippen LogP contribution < -0.4 is 9.13 Å². The van der Waals surface area contributed by atoms with Gasteiger partial charge in [0.05, 0.1) is 34.8 Å². The van der Waals surface area contributed by atoms with E-state index in [9.17, 15) is 0 Å². The summed E-state index contributed by atoms with van der Waals surface area (Å²) in [5.74, 6) is 0. The van der Waals surface area contributed by atoms with Crippen molar-refractivity contribution in [3.8, 4) is 22.3 Å². The van der Waals surface area contributed by atoms with Crippen LogP contribution in [0.15, 0.2) is 146 Å². The van der Waals surface area contributed by atoms with Crippen molar-refractivity contribution < 1.29 is 13.9 Å². The van der Waals surface area contributed by atoms with Gasteiger partial charge in [0.1, 0.15) is 14.1 Å². The predicted octanol–water partition coefficient (Wildman–Crippen LogP) is 9.00. The fourth-order valence-electron chi connectivity index (χ4n) is 6.90. The zero-order valence-electron chi connectivity index (χ0n) is 25.6. The van der Waals surface area contributed by atoms with E-state index in [2.05, 4.69) is 169 Å². The number of hydrogen-bond acceptors (Lipinski definition) is 1. The van der Waals surface area contributed by atoms with E-state index in [1.807, 2.05) is 0 Å². The van der Waals surface area contributed by atoms with Gasteiger partial charge in [-0.15, -0.1) is 0 Å². The van der Waals surface area contributed by atoms with Crippen LogP contribution in [0.25, 0.3) is 65.9 Å². The molecule has 0 saturated heterocycles. The molecular formula is C42H34N2O+2. The summed E-state index contributed by atoms with van der Waals surface area (Å²) in [6.07, 6.45) is 0. The maximum Gasteiger partial charge on any atom is 0.213 e. The summed E-state index contributed by atoms with van der Waals surface area (Å²) in [6, 6.07) is 52.3. The molecule has 3 nitrogen and oxygen atoms in total. The van der Waals surface area contributed by atoms with Gasteiger partial charge in [0.15, 0.2) is 0 Å². The average molecular weight is 583 g/mol. The number of pyridine rings is 2. The smallest absolute Gasteiger partial charge is 0.213 e. The first kappa shape index (κ1) is 27.2. The van der Waals surface area contributed by atoms with E-state index in [4.69, 9.17) is 4.74 Å². The molecule has 0 aliphatic heterocycles. The molecule has 0 radical (unpaired) electrons. The van der Waals surface area contributed by atoms with Crippen LogP contribution >= 0.6 is 0 Å². The molecule has 8 rings (SSSR count). The molecule has 0 aliphatic rings. The fourth-order valence-corrected chi connectivity index (χ4v) is 6.90. The number of aryl methyl sites for hydroxylation is 2. The van der Waals surface area contributed by atoms with Crippen LogP contribution in [0, 0.1) is 0 Å². The van der Waals surface area contributed by atoms with Crippen molar-refractivity contribution in [3.63, 3.8) is 0 Å². The number of fused-ring (bicyclic) bond motifs is 4. The number of benzene rings is 6. The van der Waals surface area contributed by atoms with Gasteiger partial charge in [0.25, 0.3) is 0 Å². The Balaban J connectivity index is 1.02. The molecule has 2 aromatic heterocycles. The summed E-state index contributed by atoms with van der Waals surface area (Å²) in [6.45, 7) is 1.13. The van der Waals surface area contributed by atoms with E-state index >= 15 is 0 Å². The van der Waals surface area contributed by atoms with Crippen molar-refractivity contribution in [2.45, 2.75) is 13.2 Å². The van der Waals surface area contributed by atoms with Crippen LogP contribution in [-0.2, 0) is 32.0 Å². The summed E-state index contributed by atoms with van der Waals surface area (Å²) < 4.78 is 10.8. The SMILES string of the molecule is C[n+]1c2ccccc2c(-c2ccc(COCc3ccc(-c4c5ccccc5[n+](C)c5ccccc45)cc3)cc2)c2ccccc21. The van der Waals surface area contributed by atoms with E-state index in [1.165, 1.54) is 77.0 Å². The molecule has 6 aromatic carbocycles. The molecule has 0 aliphatic carbocycles. The Morgan fingerprint density at radius 3 is 0.978 bits per heavy atom. The Morgan fingerprint density at radius 1 is 0.378 bits per heavy atom. The van der Waals surface area contributed by atoms with Crippen molar-refractivity contribution >= 4 is 43.6 Å². The predicted molar refractivity (Wildman–Crippen MR) is 185 cm³/mol. The lowest BCUT2D eigenvalue weighted by Crippen LogP contribution is -2.30. The third-order valence-electron chi connectivity index (χ3n) is 9.16. The minimum atomic E-state index is 0.567. The highest BCUT2D eigenvalue weighted by atomic mass is 16.5. The lowest BCUT2D eigenvalue weighted by Gasteiger charge is -2.12. The molecule has 8 aromatic rings. The highest BCUT2D eigenvalue weighted by molar-refractivity contribution is 6.08. The molecule has 45 heavy (non-hydrogen) atoms. The van der Waals surface area contributed by atoms with E-state index in [1.54, 1.807) is 0 Å². The molecule has 0 bridgehead atoms. The number of rotatable bonds is 6. The van der Waals surface area contributed by atoms with Crippen molar-refractivity contribution in [2.75, 3.05) is 0 Å². The van der Waals surface area contributed by atoms with Gasteiger partial charge in [-0.1, -0.05) is 97.1 Å². The van der Waals surface area contributed by atoms with Gasteiger partial charge < -0.3 is 4.74 Å². The van der Waals surface area contributed by atoms with E-state index in [0.717, 1.165) is 0 Å².